The highest BCUT2D eigenvalue weighted by Crippen LogP contribution is 2.19. The van der Waals surface area contributed by atoms with Gasteiger partial charge in [0.25, 0.3) is 0 Å². The van der Waals surface area contributed by atoms with E-state index in [1.165, 1.54) is 12.8 Å². The highest BCUT2D eigenvalue weighted by atomic mass is 16.4. The van der Waals surface area contributed by atoms with Gasteiger partial charge in [-0.3, -0.25) is 4.79 Å². The molecule has 1 saturated carbocycles. The fourth-order valence-corrected chi connectivity index (χ4v) is 2.88. The smallest absolute Gasteiger partial charge is 0.426 e. The van der Waals surface area contributed by atoms with E-state index in [4.69, 9.17) is 0 Å². The van der Waals surface area contributed by atoms with E-state index < -0.39 is 13.1 Å². The van der Waals surface area contributed by atoms with Gasteiger partial charge in [-0.25, -0.2) is 0 Å². The Balaban J connectivity index is 1.78. The minimum absolute atomic E-state index is 0.00694. The summed E-state index contributed by atoms with van der Waals surface area (Å²) >= 11 is 0. The van der Waals surface area contributed by atoms with Gasteiger partial charge in [0, 0.05) is 12.6 Å². The molecule has 1 aliphatic heterocycles. The Labute approximate surface area is 102 Å². The highest BCUT2D eigenvalue weighted by molar-refractivity contribution is 6.43. The number of hydrogen-bond acceptors (Lipinski definition) is 4. The molecule has 1 amide bonds. The maximum absolute atomic E-state index is 12.0. The molecule has 2 aliphatic rings. The van der Waals surface area contributed by atoms with Gasteiger partial charge in [0.05, 0.1) is 12.5 Å². The fourth-order valence-electron chi connectivity index (χ4n) is 2.88. The molecule has 0 bridgehead atoms. The van der Waals surface area contributed by atoms with Crippen LogP contribution in [0.1, 0.15) is 38.5 Å². The number of amides is 1. The van der Waals surface area contributed by atoms with Gasteiger partial charge >= 0.3 is 7.12 Å². The first-order chi connectivity index (χ1) is 8.18. The minimum Gasteiger partial charge on any atom is -0.426 e. The van der Waals surface area contributed by atoms with Crippen molar-refractivity contribution in [3.63, 3.8) is 0 Å². The molecule has 0 spiro atoms. The van der Waals surface area contributed by atoms with Crippen molar-refractivity contribution in [2.75, 3.05) is 13.1 Å². The molecule has 1 saturated heterocycles. The van der Waals surface area contributed by atoms with Gasteiger partial charge in [-0.2, -0.15) is 0 Å². The van der Waals surface area contributed by atoms with Crippen LogP contribution >= 0.6 is 0 Å². The molecule has 0 aromatic carbocycles. The lowest BCUT2D eigenvalue weighted by molar-refractivity contribution is -0.130. The molecule has 2 rings (SSSR count). The average molecular weight is 240 g/mol. The number of hydrogen-bond donors (Lipinski definition) is 3. The van der Waals surface area contributed by atoms with Crippen LogP contribution in [-0.4, -0.2) is 53.0 Å². The topological polar surface area (TPSA) is 72.8 Å². The highest BCUT2D eigenvalue weighted by Gasteiger charge is 2.36. The van der Waals surface area contributed by atoms with E-state index in [9.17, 15) is 14.8 Å². The van der Waals surface area contributed by atoms with Gasteiger partial charge < -0.3 is 20.3 Å². The maximum atomic E-state index is 12.0. The van der Waals surface area contributed by atoms with Crippen molar-refractivity contribution < 1.29 is 14.8 Å². The van der Waals surface area contributed by atoms with Crippen molar-refractivity contribution in [3.05, 3.63) is 0 Å². The third-order valence-corrected chi connectivity index (χ3v) is 3.86. The van der Waals surface area contributed by atoms with Crippen molar-refractivity contribution in [1.82, 2.24) is 10.2 Å². The molecule has 0 aromatic rings. The molecule has 2 fully saturated rings. The molecule has 6 heteroatoms. The van der Waals surface area contributed by atoms with Gasteiger partial charge in [0.2, 0.25) is 5.91 Å². The third-order valence-electron chi connectivity index (χ3n) is 3.86. The molecule has 0 unspecified atom stereocenters. The lowest BCUT2D eigenvalue weighted by atomic mass is 9.78. The first kappa shape index (κ1) is 12.9. The average Bonchev–Trinajstić information content (AvgIpc) is 2.96. The van der Waals surface area contributed by atoms with Crippen molar-refractivity contribution in [1.29, 1.82) is 0 Å². The molecular formula is C11H21BN2O3. The summed E-state index contributed by atoms with van der Waals surface area (Å²) in [7, 11) is -1.41. The SMILES string of the molecule is O=C(CNC1CCCC1)N1CCC[C@@H]1B(O)O. The van der Waals surface area contributed by atoms with E-state index in [1.54, 1.807) is 4.90 Å². The van der Waals surface area contributed by atoms with E-state index in [0.717, 1.165) is 19.3 Å². The molecule has 17 heavy (non-hydrogen) atoms. The first-order valence-corrected chi connectivity index (χ1v) is 6.57. The van der Waals surface area contributed by atoms with Gasteiger partial charge in [-0.1, -0.05) is 12.8 Å². The zero-order chi connectivity index (χ0) is 12.3. The van der Waals surface area contributed by atoms with E-state index in [1.807, 2.05) is 0 Å². The number of rotatable bonds is 4. The summed E-state index contributed by atoms with van der Waals surface area (Å²) in [5, 5.41) is 21.6. The van der Waals surface area contributed by atoms with Gasteiger partial charge in [-0.15, -0.1) is 0 Å². The molecule has 1 aliphatic carbocycles. The minimum atomic E-state index is -1.41. The molecule has 96 valence electrons. The summed E-state index contributed by atoms with van der Waals surface area (Å²) in [4.78, 5) is 13.6. The number of nitrogens with one attached hydrogen (secondary N) is 1. The number of carbonyl (C=O) groups excluding carboxylic acids is 1. The second-order valence-electron chi connectivity index (χ2n) is 5.07. The second-order valence-corrected chi connectivity index (χ2v) is 5.07. The van der Waals surface area contributed by atoms with E-state index in [0.29, 0.717) is 25.6 Å². The Morgan fingerprint density at radius 3 is 2.59 bits per heavy atom. The van der Waals surface area contributed by atoms with Crippen LogP contribution in [0.2, 0.25) is 0 Å². The quantitative estimate of drug-likeness (QED) is 0.580. The molecule has 1 heterocycles. The predicted molar refractivity (Wildman–Crippen MR) is 65.2 cm³/mol. The first-order valence-electron chi connectivity index (χ1n) is 6.57. The summed E-state index contributed by atoms with van der Waals surface area (Å²) < 4.78 is 0. The van der Waals surface area contributed by atoms with E-state index in [2.05, 4.69) is 5.32 Å². The summed E-state index contributed by atoms with van der Waals surface area (Å²) in [6.45, 7) is 0.974. The molecule has 1 atom stereocenters. The fraction of sp³-hybridized carbons (Fsp3) is 0.909. The Hall–Kier alpha value is -0.585. The monoisotopic (exact) mass is 240 g/mol. The van der Waals surface area contributed by atoms with Crippen LogP contribution in [0.5, 0.6) is 0 Å². The second kappa shape index (κ2) is 5.84. The maximum Gasteiger partial charge on any atom is 0.475 e. The largest absolute Gasteiger partial charge is 0.475 e. The number of carbonyl (C=O) groups is 1. The summed E-state index contributed by atoms with van der Waals surface area (Å²) in [5.74, 6) is -0.416. The van der Waals surface area contributed by atoms with Crippen LogP contribution in [0, 0.1) is 0 Å². The zero-order valence-electron chi connectivity index (χ0n) is 10.1. The standard InChI is InChI=1S/C11H21BN2O3/c15-11(8-13-9-4-1-2-5-9)14-7-3-6-10(14)12(16)17/h9-10,13,16-17H,1-8H2/t10-/m1/s1. The van der Waals surface area contributed by atoms with Crippen LogP contribution in [0.4, 0.5) is 0 Å². The summed E-state index contributed by atoms with van der Waals surface area (Å²) in [6, 6.07) is 0.471. The van der Waals surface area contributed by atoms with Crippen molar-refractivity contribution >= 4 is 13.0 Å². The number of nitrogens with zero attached hydrogens (tertiary/aromatic N) is 1. The van der Waals surface area contributed by atoms with Gasteiger partial charge in [0.15, 0.2) is 0 Å². The Morgan fingerprint density at radius 2 is 1.94 bits per heavy atom. The molecule has 0 radical (unpaired) electrons. The van der Waals surface area contributed by atoms with Crippen LogP contribution < -0.4 is 5.32 Å². The van der Waals surface area contributed by atoms with Crippen LogP contribution in [-0.2, 0) is 4.79 Å². The summed E-state index contributed by atoms with van der Waals surface area (Å²) in [5.41, 5.74) is 0. The van der Waals surface area contributed by atoms with Crippen LogP contribution in [0.15, 0.2) is 0 Å². The molecular weight excluding hydrogens is 219 g/mol. The lowest BCUT2D eigenvalue weighted by Gasteiger charge is -2.25. The molecule has 0 aromatic heterocycles. The third kappa shape index (κ3) is 3.21. The normalized spacial score (nSPS) is 25.5. The number of likely N-dealkylation sites (tertiary alicyclic amines) is 1. The van der Waals surface area contributed by atoms with Crippen molar-refractivity contribution in [3.8, 4) is 0 Å². The Kier molecular flexibility index (Phi) is 4.42. The Bertz CT molecular complexity index is 269. The van der Waals surface area contributed by atoms with Gasteiger partial charge in [-0.05, 0) is 25.7 Å². The molecule has 3 N–H and O–H groups in total. The van der Waals surface area contributed by atoms with Crippen molar-refractivity contribution in [2.24, 2.45) is 0 Å². The van der Waals surface area contributed by atoms with Crippen LogP contribution in [0.25, 0.3) is 0 Å². The van der Waals surface area contributed by atoms with E-state index >= 15 is 0 Å². The lowest BCUT2D eigenvalue weighted by Crippen LogP contribution is -2.49. The predicted octanol–water partition coefficient (Wildman–Crippen LogP) is -0.478. The zero-order valence-corrected chi connectivity index (χ0v) is 10.1. The molecule has 5 nitrogen and oxygen atoms in total. The van der Waals surface area contributed by atoms with Gasteiger partial charge in [0.1, 0.15) is 0 Å². The van der Waals surface area contributed by atoms with Crippen molar-refractivity contribution in [2.45, 2.75) is 50.5 Å². The summed E-state index contributed by atoms with van der Waals surface area (Å²) in [6.07, 6.45) is 6.34. The van der Waals surface area contributed by atoms with E-state index in [-0.39, 0.29) is 5.91 Å². The van der Waals surface area contributed by atoms with Crippen LogP contribution in [0.3, 0.4) is 0 Å². The Morgan fingerprint density at radius 1 is 1.24 bits per heavy atom.